The van der Waals surface area contributed by atoms with Crippen LogP contribution in [0.25, 0.3) is 11.4 Å². The number of anilines is 1. The minimum atomic E-state index is 0.0392. The van der Waals surface area contributed by atoms with Crippen molar-refractivity contribution in [2.24, 2.45) is 0 Å². The maximum absolute atomic E-state index is 5.24. The van der Waals surface area contributed by atoms with Crippen molar-refractivity contribution in [2.75, 3.05) is 5.32 Å². The fraction of sp³-hybridized carbons (Fsp3) is 0.294. The molecule has 0 bridgehead atoms. The van der Waals surface area contributed by atoms with Gasteiger partial charge in [-0.05, 0) is 39.8 Å². The molecule has 0 aliphatic rings. The Balaban J connectivity index is 1.90. The summed E-state index contributed by atoms with van der Waals surface area (Å²) in [4.78, 5) is 13.2. The van der Waals surface area contributed by atoms with Gasteiger partial charge < -0.3 is 9.84 Å². The van der Waals surface area contributed by atoms with Gasteiger partial charge in [0.25, 0.3) is 0 Å². The third kappa shape index (κ3) is 3.21. The molecule has 0 spiro atoms. The van der Waals surface area contributed by atoms with Crippen LogP contribution in [-0.4, -0.2) is 20.1 Å². The van der Waals surface area contributed by atoms with Crippen molar-refractivity contribution in [3.8, 4) is 11.4 Å². The Morgan fingerprint density at radius 1 is 1.17 bits per heavy atom. The number of aromatic nitrogens is 4. The fourth-order valence-electron chi connectivity index (χ4n) is 2.67. The van der Waals surface area contributed by atoms with Crippen LogP contribution >= 0.6 is 0 Å². The van der Waals surface area contributed by atoms with Gasteiger partial charge in [0.15, 0.2) is 5.82 Å². The number of hydrogen-bond donors (Lipinski definition) is 1. The van der Waals surface area contributed by atoms with Crippen molar-refractivity contribution >= 4 is 5.82 Å². The highest BCUT2D eigenvalue weighted by Crippen LogP contribution is 2.25. The zero-order chi connectivity index (χ0) is 16.4. The van der Waals surface area contributed by atoms with Crippen molar-refractivity contribution in [2.45, 2.75) is 33.7 Å². The Labute approximate surface area is 135 Å². The first-order chi connectivity index (χ1) is 11.0. The third-order valence-corrected chi connectivity index (χ3v) is 3.66. The van der Waals surface area contributed by atoms with E-state index in [9.17, 15) is 0 Å². The van der Waals surface area contributed by atoms with Gasteiger partial charge >= 0.3 is 0 Å². The number of aryl methyl sites for hydroxylation is 3. The summed E-state index contributed by atoms with van der Waals surface area (Å²) >= 11 is 0. The van der Waals surface area contributed by atoms with E-state index in [2.05, 4.69) is 32.3 Å². The minimum absolute atomic E-state index is 0.0392. The molecular weight excluding hydrogens is 290 g/mol. The topological polar surface area (TPSA) is 76.7 Å². The molecule has 3 aromatic heterocycles. The molecule has 118 valence electrons. The molecule has 6 nitrogen and oxygen atoms in total. The minimum Gasteiger partial charge on any atom is -0.363 e. The van der Waals surface area contributed by atoms with Crippen LogP contribution in [-0.2, 0) is 0 Å². The molecule has 3 rings (SSSR count). The number of nitrogens with one attached hydrogen (secondary N) is 1. The molecular formula is C17H19N5O. The monoisotopic (exact) mass is 309 g/mol. The molecule has 0 fully saturated rings. The lowest BCUT2D eigenvalue weighted by molar-refractivity contribution is 0.392. The second-order valence-electron chi connectivity index (χ2n) is 5.56. The Kier molecular flexibility index (Phi) is 4.06. The van der Waals surface area contributed by atoms with Crippen molar-refractivity contribution in [3.05, 3.63) is 53.3 Å². The molecule has 3 heterocycles. The molecule has 0 aliphatic heterocycles. The van der Waals surface area contributed by atoms with Gasteiger partial charge in [0.05, 0.1) is 11.7 Å². The number of rotatable bonds is 4. The van der Waals surface area contributed by atoms with Crippen LogP contribution in [0.4, 0.5) is 5.82 Å². The molecule has 0 aliphatic carbocycles. The van der Waals surface area contributed by atoms with Crippen LogP contribution in [0.2, 0.25) is 0 Å². The van der Waals surface area contributed by atoms with Gasteiger partial charge in [-0.25, -0.2) is 9.97 Å². The summed E-state index contributed by atoms with van der Waals surface area (Å²) < 4.78 is 5.24. The predicted octanol–water partition coefficient (Wildman–Crippen LogP) is 3.62. The van der Waals surface area contributed by atoms with E-state index < -0.39 is 0 Å². The van der Waals surface area contributed by atoms with E-state index in [-0.39, 0.29) is 6.04 Å². The summed E-state index contributed by atoms with van der Waals surface area (Å²) in [6, 6.07) is 5.79. The van der Waals surface area contributed by atoms with Crippen molar-refractivity contribution in [1.29, 1.82) is 0 Å². The van der Waals surface area contributed by atoms with Crippen molar-refractivity contribution in [3.63, 3.8) is 0 Å². The molecule has 3 aromatic rings. The average molecular weight is 309 g/mol. The number of pyridine rings is 1. The molecule has 23 heavy (non-hydrogen) atoms. The molecule has 1 atom stereocenters. The summed E-state index contributed by atoms with van der Waals surface area (Å²) in [5, 5.41) is 7.41. The van der Waals surface area contributed by atoms with Gasteiger partial charge in [0.1, 0.15) is 11.6 Å². The third-order valence-electron chi connectivity index (χ3n) is 3.66. The first-order valence-corrected chi connectivity index (χ1v) is 7.50. The van der Waals surface area contributed by atoms with E-state index in [1.165, 1.54) is 0 Å². The van der Waals surface area contributed by atoms with Crippen molar-refractivity contribution in [1.82, 2.24) is 20.1 Å². The van der Waals surface area contributed by atoms with Gasteiger partial charge in [0.2, 0.25) is 0 Å². The molecule has 1 unspecified atom stereocenters. The van der Waals surface area contributed by atoms with Crippen LogP contribution in [0.5, 0.6) is 0 Å². The molecule has 0 saturated carbocycles. The maximum Gasteiger partial charge on any atom is 0.163 e. The Bertz CT molecular complexity index is 794. The van der Waals surface area contributed by atoms with E-state index in [1.54, 1.807) is 12.4 Å². The molecule has 0 saturated heterocycles. The smallest absolute Gasteiger partial charge is 0.163 e. The van der Waals surface area contributed by atoms with E-state index in [0.717, 1.165) is 34.1 Å². The van der Waals surface area contributed by atoms with E-state index >= 15 is 0 Å². The number of nitrogens with zero attached hydrogens (tertiary/aromatic N) is 4. The molecule has 0 radical (unpaired) electrons. The highest BCUT2D eigenvalue weighted by Gasteiger charge is 2.17. The maximum atomic E-state index is 5.24. The van der Waals surface area contributed by atoms with Crippen molar-refractivity contribution < 1.29 is 4.52 Å². The summed E-state index contributed by atoms with van der Waals surface area (Å²) in [6.45, 7) is 7.87. The van der Waals surface area contributed by atoms with E-state index in [4.69, 9.17) is 4.52 Å². The molecule has 6 heteroatoms. The van der Waals surface area contributed by atoms with Crippen LogP contribution < -0.4 is 5.32 Å². The zero-order valence-electron chi connectivity index (χ0n) is 13.7. The molecule has 1 N–H and O–H groups in total. The summed E-state index contributed by atoms with van der Waals surface area (Å²) in [6.07, 6.45) is 3.49. The SMILES string of the molecule is Cc1cc(NC(C)c2c(C)noc2C)nc(-c2cccnc2)n1. The van der Waals surface area contributed by atoms with E-state index in [0.29, 0.717) is 5.82 Å². The lowest BCUT2D eigenvalue weighted by Crippen LogP contribution is -2.10. The normalized spacial score (nSPS) is 12.2. The second kappa shape index (κ2) is 6.16. The highest BCUT2D eigenvalue weighted by atomic mass is 16.5. The fourth-order valence-corrected chi connectivity index (χ4v) is 2.67. The Morgan fingerprint density at radius 2 is 2.00 bits per heavy atom. The van der Waals surface area contributed by atoms with Crippen LogP contribution in [0.15, 0.2) is 35.1 Å². The van der Waals surface area contributed by atoms with Gasteiger partial charge in [-0.2, -0.15) is 0 Å². The first kappa shape index (κ1) is 15.1. The van der Waals surface area contributed by atoms with Crippen LogP contribution in [0.3, 0.4) is 0 Å². The largest absolute Gasteiger partial charge is 0.363 e. The second-order valence-corrected chi connectivity index (χ2v) is 5.56. The lowest BCUT2D eigenvalue weighted by Gasteiger charge is -2.15. The Hall–Kier alpha value is -2.76. The standard InChI is InChI=1S/C17H19N5O/c1-10-8-15(20-11(2)16-12(3)22-23-13(16)4)21-17(19-10)14-6-5-7-18-9-14/h5-9,11H,1-4H3,(H,19,20,21). The van der Waals surface area contributed by atoms with Gasteiger partial charge in [-0.3, -0.25) is 4.98 Å². The molecule has 0 amide bonds. The van der Waals surface area contributed by atoms with Gasteiger partial charge in [-0.1, -0.05) is 5.16 Å². The van der Waals surface area contributed by atoms with Crippen LogP contribution in [0.1, 0.15) is 35.7 Å². The Morgan fingerprint density at radius 3 is 2.65 bits per heavy atom. The predicted molar refractivity (Wildman–Crippen MR) is 88.0 cm³/mol. The van der Waals surface area contributed by atoms with Gasteiger partial charge in [0, 0.05) is 35.3 Å². The molecule has 0 aromatic carbocycles. The first-order valence-electron chi connectivity index (χ1n) is 7.50. The number of hydrogen-bond acceptors (Lipinski definition) is 6. The summed E-state index contributed by atoms with van der Waals surface area (Å²) in [5.74, 6) is 2.25. The van der Waals surface area contributed by atoms with Gasteiger partial charge in [-0.15, -0.1) is 0 Å². The average Bonchev–Trinajstić information content (AvgIpc) is 2.86. The summed E-state index contributed by atoms with van der Waals surface area (Å²) in [5.41, 5.74) is 3.74. The van der Waals surface area contributed by atoms with E-state index in [1.807, 2.05) is 39.0 Å². The zero-order valence-corrected chi connectivity index (χ0v) is 13.7. The highest BCUT2D eigenvalue weighted by molar-refractivity contribution is 5.56. The lowest BCUT2D eigenvalue weighted by atomic mass is 10.1. The summed E-state index contributed by atoms with van der Waals surface area (Å²) in [7, 11) is 0. The van der Waals surface area contributed by atoms with Crippen LogP contribution in [0, 0.1) is 20.8 Å². The quantitative estimate of drug-likeness (QED) is 0.793.